The molecule has 0 radical (unpaired) electrons. The van der Waals surface area contributed by atoms with Crippen LogP contribution in [-0.2, 0) is 0 Å². The van der Waals surface area contributed by atoms with E-state index in [2.05, 4.69) is 24.0 Å². The van der Waals surface area contributed by atoms with Crippen LogP contribution in [0, 0.1) is 0 Å². The van der Waals surface area contributed by atoms with Crippen LogP contribution in [0.4, 0.5) is 0 Å². The molecule has 1 atom stereocenters. The minimum Gasteiger partial charge on any atom is -0.411 e. The van der Waals surface area contributed by atoms with Crippen LogP contribution in [0.15, 0.2) is 5.16 Å². The molecule has 1 saturated heterocycles. The van der Waals surface area contributed by atoms with Crippen LogP contribution in [0.3, 0.4) is 0 Å². The van der Waals surface area contributed by atoms with Crippen LogP contribution in [0.1, 0.15) is 26.2 Å². The summed E-state index contributed by atoms with van der Waals surface area (Å²) in [5.41, 5.74) is 0.914. The van der Waals surface area contributed by atoms with Crippen LogP contribution in [0.2, 0.25) is 0 Å². The first kappa shape index (κ1) is 8.53. The highest BCUT2D eigenvalue weighted by atomic mass is 16.4. The predicted octanol–water partition coefficient (Wildman–Crippen LogP) is 1.32. The van der Waals surface area contributed by atoms with E-state index in [0.717, 1.165) is 25.1 Å². The minimum atomic E-state index is 0.620. The molecule has 0 aromatic rings. The summed E-state index contributed by atoms with van der Waals surface area (Å²) in [6.07, 6.45) is 3.30. The average molecular weight is 156 g/mol. The molecule has 3 heteroatoms. The lowest BCUT2D eigenvalue weighted by Gasteiger charge is -2.20. The Morgan fingerprint density at radius 1 is 1.64 bits per heavy atom. The molecule has 0 spiro atoms. The molecular weight excluding hydrogens is 140 g/mol. The van der Waals surface area contributed by atoms with Crippen molar-refractivity contribution in [1.82, 2.24) is 4.90 Å². The van der Waals surface area contributed by atoms with Gasteiger partial charge in [0.25, 0.3) is 0 Å². The Bertz CT molecular complexity index is 156. The summed E-state index contributed by atoms with van der Waals surface area (Å²) in [7, 11) is 2.07. The third kappa shape index (κ3) is 2.19. The molecule has 1 N–H and O–H groups in total. The van der Waals surface area contributed by atoms with Crippen molar-refractivity contribution in [3.63, 3.8) is 0 Å². The van der Waals surface area contributed by atoms with Crippen molar-refractivity contribution in [2.45, 2.75) is 32.2 Å². The van der Waals surface area contributed by atoms with Gasteiger partial charge >= 0.3 is 0 Å². The molecule has 1 heterocycles. The largest absolute Gasteiger partial charge is 0.411 e. The molecule has 1 unspecified atom stereocenters. The van der Waals surface area contributed by atoms with Crippen molar-refractivity contribution in [2.24, 2.45) is 5.16 Å². The lowest BCUT2D eigenvalue weighted by molar-refractivity contribution is 0.278. The van der Waals surface area contributed by atoms with Gasteiger partial charge in [-0.1, -0.05) is 5.16 Å². The zero-order chi connectivity index (χ0) is 8.27. The van der Waals surface area contributed by atoms with Gasteiger partial charge in [0, 0.05) is 12.6 Å². The van der Waals surface area contributed by atoms with Crippen molar-refractivity contribution in [2.75, 3.05) is 13.6 Å². The molecule has 1 aliphatic rings. The predicted molar refractivity (Wildman–Crippen MR) is 45.2 cm³/mol. The van der Waals surface area contributed by atoms with Gasteiger partial charge in [-0.05, 0) is 33.2 Å². The Balaban J connectivity index is 2.55. The minimum absolute atomic E-state index is 0.620. The molecule has 0 aromatic carbocycles. The fourth-order valence-corrected chi connectivity index (χ4v) is 1.43. The third-order valence-electron chi connectivity index (χ3n) is 2.41. The summed E-state index contributed by atoms with van der Waals surface area (Å²) >= 11 is 0. The summed E-state index contributed by atoms with van der Waals surface area (Å²) in [5, 5.41) is 11.8. The number of nitrogens with zero attached hydrogens (tertiary/aromatic N) is 2. The Morgan fingerprint density at radius 2 is 2.36 bits per heavy atom. The van der Waals surface area contributed by atoms with E-state index in [1.54, 1.807) is 0 Å². The molecule has 11 heavy (non-hydrogen) atoms. The van der Waals surface area contributed by atoms with Gasteiger partial charge in [-0.3, -0.25) is 4.90 Å². The van der Waals surface area contributed by atoms with E-state index in [4.69, 9.17) is 5.21 Å². The highest BCUT2D eigenvalue weighted by Gasteiger charge is 2.16. The average Bonchev–Trinajstić information content (AvgIpc) is 2.15. The van der Waals surface area contributed by atoms with E-state index < -0.39 is 0 Å². The van der Waals surface area contributed by atoms with Gasteiger partial charge in [-0.15, -0.1) is 0 Å². The lowest BCUT2D eigenvalue weighted by atomic mass is 10.1. The summed E-state index contributed by atoms with van der Waals surface area (Å²) in [6, 6.07) is 0.620. The quantitative estimate of drug-likeness (QED) is 0.424. The van der Waals surface area contributed by atoms with Gasteiger partial charge in [0.1, 0.15) is 0 Å². The van der Waals surface area contributed by atoms with Crippen LogP contribution in [0.5, 0.6) is 0 Å². The van der Waals surface area contributed by atoms with E-state index >= 15 is 0 Å². The third-order valence-corrected chi connectivity index (χ3v) is 2.41. The molecule has 0 bridgehead atoms. The van der Waals surface area contributed by atoms with E-state index in [-0.39, 0.29) is 0 Å². The normalized spacial score (nSPS) is 32.2. The molecule has 1 rings (SSSR count). The summed E-state index contributed by atoms with van der Waals surface area (Å²) < 4.78 is 0. The van der Waals surface area contributed by atoms with E-state index in [1.807, 2.05) is 0 Å². The molecule has 1 aliphatic heterocycles. The van der Waals surface area contributed by atoms with Gasteiger partial charge < -0.3 is 5.21 Å². The van der Waals surface area contributed by atoms with Crippen LogP contribution >= 0.6 is 0 Å². The fraction of sp³-hybridized carbons (Fsp3) is 0.875. The first-order valence-electron chi connectivity index (χ1n) is 4.14. The smallest absolute Gasteiger partial charge is 0.0710 e. The molecule has 0 aliphatic carbocycles. The Hall–Kier alpha value is -0.570. The Kier molecular flexibility index (Phi) is 2.88. The highest BCUT2D eigenvalue weighted by Crippen LogP contribution is 2.12. The second-order valence-corrected chi connectivity index (χ2v) is 3.32. The van der Waals surface area contributed by atoms with Gasteiger partial charge in [-0.25, -0.2) is 0 Å². The standard InChI is InChI=1S/C8H16N2O/c1-7-4-3-5-8(9-11)6-10(7)2/h7,11H,3-6H2,1-2H3/b9-8-. The van der Waals surface area contributed by atoms with Crippen LogP contribution < -0.4 is 0 Å². The number of oxime groups is 1. The second kappa shape index (κ2) is 3.72. The van der Waals surface area contributed by atoms with E-state index in [9.17, 15) is 0 Å². The molecule has 0 aromatic heterocycles. The Labute approximate surface area is 67.7 Å². The van der Waals surface area contributed by atoms with E-state index in [0.29, 0.717) is 6.04 Å². The molecule has 1 fully saturated rings. The topological polar surface area (TPSA) is 35.8 Å². The summed E-state index contributed by atoms with van der Waals surface area (Å²) in [4.78, 5) is 2.22. The SMILES string of the molecule is CC1CCC/C(=N/O)CN1C. The second-order valence-electron chi connectivity index (χ2n) is 3.32. The maximum Gasteiger partial charge on any atom is 0.0710 e. The van der Waals surface area contributed by atoms with Gasteiger partial charge in [0.15, 0.2) is 0 Å². The van der Waals surface area contributed by atoms with Gasteiger partial charge in [0.2, 0.25) is 0 Å². The number of likely N-dealkylation sites (tertiary alicyclic amines) is 1. The van der Waals surface area contributed by atoms with Crippen molar-refractivity contribution >= 4 is 5.71 Å². The van der Waals surface area contributed by atoms with Gasteiger partial charge in [0.05, 0.1) is 5.71 Å². The molecule has 64 valence electrons. The van der Waals surface area contributed by atoms with E-state index in [1.165, 1.54) is 6.42 Å². The maximum absolute atomic E-state index is 8.58. The molecular formula is C8H16N2O. The fourth-order valence-electron chi connectivity index (χ4n) is 1.43. The van der Waals surface area contributed by atoms with Crippen molar-refractivity contribution in [1.29, 1.82) is 0 Å². The number of rotatable bonds is 0. The Morgan fingerprint density at radius 3 is 3.00 bits per heavy atom. The van der Waals surface area contributed by atoms with Crippen molar-refractivity contribution < 1.29 is 5.21 Å². The number of hydrogen-bond donors (Lipinski definition) is 1. The lowest BCUT2D eigenvalue weighted by Crippen LogP contribution is -2.31. The van der Waals surface area contributed by atoms with Crippen LogP contribution in [0.25, 0.3) is 0 Å². The monoisotopic (exact) mass is 156 g/mol. The van der Waals surface area contributed by atoms with Gasteiger partial charge in [-0.2, -0.15) is 0 Å². The van der Waals surface area contributed by atoms with Crippen molar-refractivity contribution in [3.8, 4) is 0 Å². The highest BCUT2D eigenvalue weighted by molar-refractivity contribution is 5.86. The van der Waals surface area contributed by atoms with Crippen molar-refractivity contribution in [3.05, 3.63) is 0 Å². The number of hydrogen-bond acceptors (Lipinski definition) is 3. The molecule has 3 nitrogen and oxygen atoms in total. The summed E-state index contributed by atoms with van der Waals surface area (Å²) in [5.74, 6) is 0. The molecule has 0 saturated carbocycles. The first-order chi connectivity index (χ1) is 5.24. The van der Waals surface area contributed by atoms with Crippen LogP contribution in [-0.4, -0.2) is 35.5 Å². The zero-order valence-corrected chi connectivity index (χ0v) is 7.25. The summed E-state index contributed by atoms with van der Waals surface area (Å²) in [6.45, 7) is 3.03. The zero-order valence-electron chi connectivity index (χ0n) is 7.25. The maximum atomic E-state index is 8.58. The molecule has 0 amide bonds. The first-order valence-corrected chi connectivity index (χ1v) is 4.14.